The topological polar surface area (TPSA) is 75.6 Å². The van der Waals surface area contributed by atoms with Crippen LogP contribution in [0.3, 0.4) is 0 Å². The number of hydrogen-bond donors (Lipinski definition) is 2. The van der Waals surface area contributed by atoms with E-state index in [2.05, 4.69) is 5.32 Å². The predicted molar refractivity (Wildman–Crippen MR) is 107 cm³/mol. The third kappa shape index (κ3) is 2.59. The van der Waals surface area contributed by atoms with E-state index in [0.29, 0.717) is 11.4 Å². The summed E-state index contributed by atoms with van der Waals surface area (Å²) in [5.74, 6) is -4.72. The minimum absolute atomic E-state index is 0.252. The largest absolute Gasteiger partial charge is 0.497 e. The van der Waals surface area contributed by atoms with Gasteiger partial charge in [0.1, 0.15) is 15.5 Å². The maximum atomic E-state index is 13.0. The van der Waals surface area contributed by atoms with Crippen molar-refractivity contribution in [2.75, 3.05) is 12.4 Å². The molecule has 11 heteroatoms. The van der Waals surface area contributed by atoms with Crippen molar-refractivity contribution in [2.24, 2.45) is 11.8 Å². The second-order valence-electron chi connectivity index (χ2n) is 6.14. The highest BCUT2D eigenvalue weighted by Crippen LogP contribution is 2.76. The van der Waals surface area contributed by atoms with Crippen LogP contribution in [0.1, 0.15) is 0 Å². The van der Waals surface area contributed by atoms with Gasteiger partial charge in [0.05, 0.1) is 29.0 Å². The number of carboxylic acids is 1. The maximum Gasteiger partial charge on any atom is 0.309 e. The van der Waals surface area contributed by atoms with E-state index in [-0.39, 0.29) is 10.1 Å². The molecule has 0 spiro atoms. The number of carbonyl (C=O) groups excluding carboxylic acids is 1. The van der Waals surface area contributed by atoms with Gasteiger partial charge in [-0.2, -0.15) is 0 Å². The molecular weight excluding hydrogens is 483 g/mol. The number of amides is 1. The molecule has 27 heavy (non-hydrogen) atoms. The van der Waals surface area contributed by atoms with E-state index >= 15 is 0 Å². The predicted octanol–water partition coefficient (Wildman–Crippen LogP) is 4.80. The number of fused-ring (bicyclic) bond motifs is 2. The lowest BCUT2D eigenvalue weighted by atomic mass is 9.81. The van der Waals surface area contributed by atoms with Crippen LogP contribution >= 0.6 is 69.6 Å². The summed E-state index contributed by atoms with van der Waals surface area (Å²) in [6.45, 7) is 0. The molecule has 3 rings (SSSR count). The van der Waals surface area contributed by atoms with E-state index in [4.69, 9.17) is 74.3 Å². The second-order valence-corrected chi connectivity index (χ2v) is 9.41. The van der Waals surface area contributed by atoms with Gasteiger partial charge in [0.15, 0.2) is 4.33 Å². The molecule has 0 aliphatic heterocycles. The Bertz CT molecular complexity index is 857. The fourth-order valence-corrected chi connectivity index (χ4v) is 6.46. The number of carbonyl (C=O) groups is 2. The van der Waals surface area contributed by atoms with Crippen LogP contribution in [0.2, 0.25) is 0 Å². The summed E-state index contributed by atoms with van der Waals surface area (Å²) < 4.78 is 2.91. The molecule has 0 unspecified atom stereocenters. The van der Waals surface area contributed by atoms with Crippen molar-refractivity contribution in [3.8, 4) is 5.75 Å². The standard InChI is InChI=1S/C16H11Cl6NO4/c1-27-7-4-2-6(3-5-7)23-12(24)8-9(13(25)26)15(20)11(18)10(17)14(8,19)16(15,21)22/h2-5,8-9H,1H3,(H,23,24)(H,25,26)/t8-,9-,14+,15+/m0/s1. The molecule has 2 bridgehead atoms. The van der Waals surface area contributed by atoms with Crippen LogP contribution in [-0.2, 0) is 9.59 Å². The first-order chi connectivity index (χ1) is 12.4. The van der Waals surface area contributed by atoms with Crippen LogP contribution in [0.4, 0.5) is 5.69 Å². The quantitative estimate of drug-likeness (QED) is 0.591. The summed E-state index contributed by atoms with van der Waals surface area (Å²) in [6.07, 6.45) is 0. The van der Waals surface area contributed by atoms with Crippen molar-refractivity contribution in [3.05, 3.63) is 34.3 Å². The van der Waals surface area contributed by atoms with Crippen LogP contribution in [0.5, 0.6) is 5.75 Å². The number of hydrogen-bond acceptors (Lipinski definition) is 3. The number of aliphatic carboxylic acids is 1. The van der Waals surface area contributed by atoms with Gasteiger partial charge >= 0.3 is 5.97 Å². The lowest BCUT2D eigenvalue weighted by molar-refractivity contribution is -0.146. The zero-order valence-electron chi connectivity index (χ0n) is 13.4. The van der Waals surface area contributed by atoms with Crippen molar-refractivity contribution in [1.29, 1.82) is 0 Å². The van der Waals surface area contributed by atoms with Crippen LogP contribution < -0.4 is 10.1 Å². The molecule has 0 heterocycles. The Balaban J connectivity index is 2.05. The molecule has 2 aliphatic carbocycles. The lowest BCUT2D eigenvalue weighted by Gasteiger charge is -2.33. The number of benzene rings is 1. The summed E-state index contributed by atoms with van der Waals surface area (Å²) in [6, 6.07) is 6.36. The number of ether oxygens (including phenoxy) is 1. The van der Waals surface area contributed by atoms with Crippen molar-refractivity contribution in [1.82, 2.24) is 0 Å². The van der Waals surface area contributed by atoms with E-state index in [1.165, 1.54) is 7.11 Å². The fourth-order valence-electron chi connectivity index (χ4n) is 3.52. The first kappa shape index (κ1) is 21.2. The Morgan fingerprint density at radius 3 is 1.93 bits per heavy atom. The first-order valence-electron chi connectivity index (χ1n) is 7.44. The van der Waals surface area contributed by atoms with Crippen molar-refractivity contribution in [3.63, 3.8) is 0 Å². The van der Waals surface area contributed by atoms with E-state index in [1.54, 1.807) is 24.3 Å². The molecule has 146 valence electrons. The van der Waals surface area contributed by atoms with Gasteiger partial charge in [0, 0.05) is 5.69 Å². The normalized spacial score (nSPS) is 33.9. The molecule has 5 nitrogen and oxygen atoms in total. The number of alkyl halides is 4. The molecule has 2 aliphatic rings. The van der Waals surface area contributed by atoms with Gasteiger partial charge in [-0.3, -0.25) is 9.59 Å². The summed E-state index contributed by atoms with van der Waals surface area (Å²) >= 11 is 38.1. The number of anilines is 1. The van der Waals surface area contributed by atoms with Crippen molar-refractivity contribution >= 4 is 87.2 Å². The second kappa shape index (κ2) is 6.75. The molecule has 1 aromatic rings. The van der Waals surface area contributed by atoms with Crippen LogP contribution in [0.25, 0.3) is 0 Å². The SMILES string of the molecule is COc1ccc(NC(=O)[C@@H]2[C@@H](C(=O)O)[C@@]3(Cl)C(Cl)=C(Cl)[C@@]2(Cl)C3(Cl)Cl)cc1. The Labute approximate surface area is 184 Å². The molecule has 0 radical (unpaired) electrons. The van der Waals surface area contributed by atoms with Gasteiger partial charge in [-0.05, 0) is 24.3 Å². The average molecular weight is 494 g/mol. The maximum absolute atomic E-state index is 13.0. The summed E-state index contributed by atoms with van der Waals surface area (Å²) in [5, 5.41) is 11.8. The smallest absolute Gasteiger partial charge is 0.309 e. The highest BCUT2D eigenvalue weighted by Gasteiger charge is 2.85. The van der Waals surface area contributed by atoms with E-state index in [9.17, 15) is 14.7 Å². The first-order valence-corrected chi connectivity index (χ1v) is 9.71. The molecule has 1 saturated carbocycles. The highest BCUT2D eigenvalue weighted by atomic mass is 35.5. The number of allylic oxidation sites excluding steroid dienone is 2. The zero-order valence-corrected chi connectivity index (χ0v) is 17.9. The zero-order chi connectivity index (χ0) is 20.4. The molecule has 2 N–H and O–H groups in total. The molecule has 1 amide bonds. The van der Waals surface area contributed by atoms with Crippen molar-refractivity contribution < 1.29 is 19.4 Å². The third-order valence-electron chi connectivity index (χ3n) is 4.84. The minimum Gasteiger partial charge on any atom is -0.497 e. The van der Waals surface area contributed by atoms with E-state index < -0.39 is 37.8 Å². The van der Waals surface area contributed by atoms with E-state index in [1.807, 2.05) is 0 Å². The summed E-state index contributed by atoms with van der Waals surface area (Å²) in [5.41, 5.74) is 0.373. The van der Waals surface area contributed by atoms with Crippen molar-refractivity contribution in [2.45, 2.75) is 14.1 Å². The Hall–Kier alpha value is -0.560. The van der Waals surface area contributed by atoms with Gasteiger partial charge in [-0.25, -0.2) is 0 Å². The molecule has 0 saturated heterocycles. The average Bonchev–Trinajstić information content (AvgIpc) is 2.82. The van der Waals surface area contributed by atoms with Gasteiger partial charge in [0.2, 0.25) is 5.91 Å². The summed E-state index contributed by atoms with van der Waals surface area (Å²) in [7, 11) is 1.50. The fraction of sp³-hybridized carbons (Fsp3) is 0.375. The monoisotopic (exact) mass is 491 g/mol. The third-order valence-corrected chi connectivity index (χ3v) is 9.10. The Morgan fingerprint density at radius 2 is 1.48 bits per heavy atom. The minimum atomic E-state index is -2.14. The highest BCUT2D eigenvalue weighted by molar-refractivity contribution is 6.66. The van der Waals surface area contributed by atoms with E-state index in [0.717, 1.165) is 0 Å². The number of methoxy groups -OCH3 is 1. The molecule has 1 fully saturated rings. The number of rotatable bonds is 4. The van der Waals surface area contributed by atoms with Crippen LogP contribution in [0, 0.1) is 11.8 Å². The number of halogens is 6. The molecular formula is C16H11Cl6NO4. The van der Waals surface area contributed by atoms with Crippen LogP contribution in [-0.4, -0.2) is 38.2 Å². The van der Waals surface area contributed by atoms with Gasteiger partial charge in [-0.15, -0.1) is 23.2 Å². The molecule has 4 atom stereocenters. The van der Waals surface area contributed by atoms with Gasteiger partial charge < -0.3 is 15.2 Å². The van der Waals surface area contributed by atoms with Gasteiger partial charge in [0.25, 0.3) is 0 Å². The Morgan fingerprint density at radius 1 is 1.00 bits per heavy atom. The lowest BCUT2D eigenvalue weighted by Crippen LogP contribution is -2.47. The number of nitrogens with one attached hydrogen (secondary N) is 1. The van der Waals surface area contributed by atoms with Gasteiger partial charge in [-0.1, -0.05) is 46.4 Å². The Kier molecular flexibility index (Phi) is 5.29. The summed E-state index contributed by atoms with van der Waals surface area (Å²) in [4.78, 5) is 20.8. The number of carboxylic acid groups (broad SMARTS) is 1. The molecule has 1 aromatic carbocycles. The van der Waals surface area contributed by atoms with Crippen LogP contribution in [0.15, 0.2) is 34.3 Å². The molecule has 0 aromatic heterocycles.